The monoisotopic (exact) mass is 516 g/mol. The summed E-state index contributed by atoms with van der Waals surface area (Å²) < 4.78 is 3.88. The van der Waals surface area contributed by atoms with Crippen LogP contribution in [-0.2, 0) is 13.1 Å². The van der Waals surface area contributed by atoms with E-state index >= 15 is 0 Å². The van der Waals surface area contributed by atoms with Crippen LogP contribution in [-0.4, -0.2) is 51.7 Å². The Hall–Kier alpha value is -3.93. The van der Waals surface area contributed by atoms with Crippen LogP contribution >= 0.6 is 0 Å². The molecule has 0 atom stereocenters. The van der Waals surface area contributed by atoms with E-state index in [1.165, 1.54) is 11.1 Å². The molecular weight excluding hydrogens is 480 g/mol. The number of hydrogen-bond donors (Lipinski definition) is 0. The van der Waals surface area contributed by atoms with Crippen molar-refractivity contribution in [2.45, 2.75) is 25.6 Å². The molecule has 1 fully saturated rings. The maximum atomic E-state index is 13.5. The van der Waals surface area contributed by atoms with E-state index in [0.29, 0.717) is 6.54 Å². The Bertz CT molecular complexity index is 1500. The van der Waals surface area contributed by atoms with Crippen molar-refractivity contribution in [2.75, 3.05) is 32.7 Å². The third kappa shape index (κ3) is 5.60. The first-order valence-corrected chi connectivity index (χ1v) is 14.1. The van der Waals surface area contributed by atoms with Crippen LogP contribution in [0.2, 0.25) is 0 Å². The van der Waals surface area contributed by atoms with Crippen molar-refractivity contribution in [3.8, 4) is 0 Å². The summed E-state index contributed by atoms with van der Waals surface area (Å²) in [5.74, 6) is 0. The van der Waals surface area contributed by atoms with Gasteiger partial charge in [-0.15, -0.1) is 0 Å². The number of rotatable bonds is 9. The molecule has 0 saturated carbocycles. The smallest absolute Gasteiger partial charge is 0.301 e. The number of fused-ring (bicyclic) bond motifs is 1. The van der Waals surface area contributed by atoms with Gasteiger partial charge in [-0.3, -0.25) is 14.0 Å². The summed E-state index contributed by atoms with van der Waals surface area (Å²) in [6.07, 6.45) is 0.958. The molecule has 1 aromatic heterocycles. The molecule has 0 unspecified atom stereocenters. The van der Waals surface area contributed by atoms with E-state index in [9.17, 15) is 4.79 Å². The molecule has 1 aliphatic rings. The number of benzene rings is 4. The highest BCUT2D eigenvalue weighted by Gasteiger charge is 2.26. The van der Waals surface area contributed by atoms with Gasteiger partial charge in [0.05, 0.1) is 23.6 Å². The lowest BCUT2D eigenvalue weighted by Crippen LogP contribution is -2.48. The lowest BCUT2D eigenvalue weighted by Gasteiger charge is -2.39. The number of aryl methyl sites for hydroxylation is 1. The van der Waals surface area contributed by atoms with E-state index in [-0.39, 0.29) is 11.7 Å². The van der Waals surface area contributed by atoms with Crippen LogP contribution < -0.4 is 5.69 Å². The Morgan fingerprint density at radius 3 is 1.67 bits per heavy atom. The van der Waals surface area contributed by atoms with Crippen molar-refractivity contribution < 1.29 is 0 Å². The molecule has 5 aromatic rings. The predicted molar refractivity (Wildman–Crippen MR) is 159 cm³/mol. The fourth-order valence-corrected chi connectivity index (χ4v) is 5.99. The quantitative estimate of drug-likeness (QED) is 0.254. The van der Waals surface area contributed by atoms with Gasteiger partial charge in [0.25, 0.3) is 0 Å². The molecule has 6 rings (SSSR count). The van der Waals surface area contributed by atoms with E-state index < -0.39 is 0 Å². The largest absolute Gasteiger partial charge is 0.329 e. The predicted octanol–water partition coefficient (Wildman–Crippen LogP) is 5.65. The van der Waals surface area contributed by atoms with Gasteiger partial charge >= 0.3 is 5.69 Å². The number of aromatic nitrogens is 2. The molecule has 5 nitrogen and oxygen atoms in total. The van der Waals surface area contributed by atoms with Crippen molar-refractivity contribution in [3.63, 3.8) is 0 Å². The number of imidazole rings is 1. The molecule has 0 amide bonds. The lowest BCUT2D eigenvalue weighted by molar-refractivity contribution is 0.108. The average molecular weight is 517 g/mol. The second-order valence-corrected chi connectivity index (χ2v) is 10.4. The molecule has 198 valence electrons. The van der Waals surface area contributed by atoms with E-state index in [2.05, 4.69) is 94.7 Å². The highest BCUT2D eigenvalue weighted by molar-refractivity contribution is 5.76. The lowest BCUT2D eigenvalue weighted by atomic mass is 9.96. The van der Waals surface area contributed by atoms with Crippen molar-refractivity contribution >= 4 is 11.0 Å². The Kier molecular flexibility index (Phi) is 7.70. The second kappa shape index (κ2) is 11.9. The summed E-state index contributed by atoms with van der Waals surface area (Å²) >= 11 is 0. The highest BCUT2D eigenvalue weighted by atomic mass is 16.1. The van der Waals surface area contributed by atoms with Crippen LogP contribution in [0.3, 0.4) is 0 Å². The SMILES string of the molecule is O=c1n(CCCN2CCN(C(c3ccccc3)c3ccccc3)CC2)c2ccccc2n1Cc1ccccc1. The zero-order chi connectivity index (χ0) is 26.4. The number of para-hydroxylation sites is 2. The average Bonchev–Trinajstić information content (AvgIpc) is 3.26. The maximum absolute atomic E-state index is 13.5. The molecule has 4 aromatic carbocycles. The van der Waals surface area contributed by atoms with Gasteiger partial charge in [0.1, 0.15) is 0 Å². The normalized spacial score (nSPS) is 14.8. The molecular formula is C34H36N4O. The number of nitrogens with zero attached hydrogens (tertiary/aromatic N) is 4. The number of hydrogen-bond acceptors (Lipinski definition) is 3. The van der Waals surface area contributed by atoms with Gasteiger partial charge in [0.15, 0.2) is 0 Å². The highest BCUT2D eigenvalue weighted by Crippen LogP contribution is 2.29. The minimum Gasteiger partial charge on any atom is -0.301 e. The summed E-state index contributed by atoms with van der Waals surface area (Å²) in [4.78, 5) is 18.6. The summed E-state index contributed by atoms with van der Waals surface area (Å²) in [6, 6.07) is 40.4. The third-order valence-corrected chi connectivity index (χ3v) is 7.97. The minimum absolute atomic E-state index is 0.0819. The first kappa shape index (κ1) is 25.4. The van der Waals surface area contributed by atoms with E-state index in [4.69, 9.17) is 0 Å². The molecule has 0 spiro atoms. The Morgan fingerprint density at radius 1 is 0.564 bits per heavy atom. The van der Waals surface area contributed by atoms with Gasteiger partial charge in [-0.2, -0.15) is 0 Å². The molecule has 5 heteroatoms. The Morgan fingerprint density at radius 2 is 1.08 bits per heavy atom. The van der Waals surface area contributed by atoms with Gasteiger partial charge in [0.2, 0.25) is 0 Å². The van der Waals surface area contributed by atoms with Crippen LogP contribution in [0.5, 0.6) is 0 Å². The topological polar surface area (TPSA) is 33.4 Å². The number of piperazine rings is 1. The Labute approximate surface area is 230 Å². The van der Waals surface area contributed by atoms with Gasteiger partial charge in [-0.1, -0.05) is 103 Å². The molecule has 1 saturated heterocycles. The second-order valence-electron chi connectivity index (χ2n) is 10.4. The van der Waals surface area contributed by atoms with Crippen molar-refractivity contribution in [3.05, 3.63) is 142 Å². The zero-order valence-electron chi connectivity index (χ0n) is 22.4. The molecule has 0 aliphatic carbocycles. The zero-order valence-corrected chi connectivity index (χ0v) is 22.4. The summed E-state index contributed by atoms with van der Waals surface area (Å²) in [5.41, 5.74) is 5.96. The van der Waals surface area contributed by atoms with Crippen LogP contribution in [0.25, 0.3) is 11.0 Å². The fraction of sp³-hybridized carbons (Fsp3) is 0.265. The summed E-state index contributed by atoms with van der Waals surface area (Å²) in [7, 11) is 0. The standard InChI is InChI=1S/C34H36N4O/c39-34-37(31-19-10-11-20-32(31)38(34)27-28-13-4-1-5-14-28)22-12-21-35-23-25-36(26-24-35)33(29-15-6-2-7-16-29)30-17-8-3-9-18-30/h1-11,13-20,33H,12,21-27H2. The molecule has 0 N–H and O–H groups in total. The summed E-state index contributed by atoms with van der Waals surface area (Å²) in [5, 5.41) is 0. The maximum Gasteiger partial charge on any atom is 0.329 e. The first-order chi connectivity index (χ1) is 19.3. The first-order valence-electron chi connectivity index (χ1n) is 14.1. The molecule has 0 radical (unpaired) electrons. The third-order valence-electron chi connectivity index (χ3n) is 7.97. The molecule has 1 aliphatic heterocycles. The minimum atomic E-state index is 0.0819. The van der Waals surface area contributed by atoms with Crippen LogP contribution in [0.4, 0.5) is 0 Å². The van der Waals surface area contributed by atoms with Crippen molar-refractivity contribution in [1.29, 1.82) is 0 Å². The van der Waals surface area contributed by atoms with E-state index in [0.717, 1.165) is 62.3 Å². The van der Waals surface area contributed by atoms with Crippen molar-refractivity contribution in [2.24, 2.45) is 0 Å². The van der Waals surface area contributed by atoms with Crippen LogP contribution in [0, 0.1) is 0 Å². The fourth-order valence-electron chi connectivity index (χ4n) is 5.99. The Balaban J connectivity index is 1.10. The van der Waals surface area contributed by atoms with Crippen molar-refractivity contribution in [1.82, 2.24) is 18.9 Å². The molecule has 2 heterocycles. The van der Waals surface area contributed by atoms with Crippen LogP contribution in [0.15, 0.2) is 120 Å². The van der Waals surface area contributed by atoms with Crippen LogP contribution in [0.1, 0.15) is 29.2 Å². The summed E-state index contributed by atoms with van der Waals surface area (Å²) in [6.45, 7) is 6.48. The van der Waals surface area contributed by atoms with E-state index in [1.807, 2.05) is 39.5 Å². The molecule has 39 heavy (non-hydrogen) atoms. The van der Waals surface area contributed by atoms with Gasteiger partial charge in [-0.05, 0) is 41.8 Å². The molecule has 0 bridgehead atoms. The van der Waals surface area contributed by atoms with E-state index in [1.54, 1.807) is 0 Å². The van der Waals surface area contributed by atoms with Gasteiger partial charge in [-0.25, -0.2) is 4.79 Å². The van der Waals surface area contributed by atoms with Gasteiger partial charge in [0, 0.05) is 32.7 Å². The van der Waals surface area contributed by atoms with Gasteiger partial charge < -0.3 is 4.90 Å².